The average molecular weight is 281 g/mol. The summed E-state index contributed by atoms with van der Waals surface area (Å²) in [6.07, 6.45) is 1.08. The summed E-state index contributed by atoms with van der Waals surface area (Å²) >= 11 is 0. The minimum atomic E-state index is -1.46. The molecule has 2 N–H and O–H groups in total. The summed E-state index contributed by atoms with van der Waals surface area (Å²) in [6, 6.07) is 6.47. The highest BCUT2D eigenvalue weighted by atomic mass is 19.1. The lowest BCUT2D eigenvalue weighted by Crippen LogP contribution is -2.42. The molecule has 1 amide bonds. The van der Waals surface area contributed by atoms with Crippen LogP contribution in [0.5, 0.6) is 0 Å². The molecule has 0 aliphatic carbocycles. The Bertz CT molecular complexity index is 459. The van der Waals surface area contributed by atoms with Gasteiger partial charge in [0, 0.05) is 6.42 Å². The van der Waals surface area contributed by atoms with Crippen LogP contribution in [0.1, 0.15) is 37.3 Å². The zero-order valence-corrected chi connectivity index (χ0v) is 11.7. The lowest BCUT2D eigenvalue weighted by molar-refractivity contribution is -0.142. The molecule has 0 saturated carbocycles. The number of carboxylic acids is 1. The van der Waals surface area contributed by atoms with Crippen LogP contribution in [0.2, 0.25) is 0 Å². The lowest BCUT2D eigenvalue weighted by atomic mass is 9.96. The van der Waals surface area contributed by atoms with Gasteiger partial charge in [-0.25, -0.2) is 9.18 Å². The van der Waals surface area contributed by atoms with E-state index in [2.05, 4.69) is 12.2 Å². The lowest BCUT2D eigenvalue weighted by Gasteiger charge is -2.15. The van der Waals surface area contributed by atoms with Crippen LogP contribution in [0.4, 0.5) is 4.39 Å². The SMILES string of the molecule is CCc1ccc(C(C)CC(=O)NC(CF)C(=O)O)cc1. The van der Waals surface area contributed by atoms with Crippen molar-refractivity contribution >= 4 is 11.9 Å². The van der Waals surface area contributed by atoms with Crippen molar-refractivity contribution in [2.24, 2.45) is 0 Å². The molecular weight excluding hydrogens is 261 g/mol. The Morgan fingerprint density at radius 1 is 1.30 bits per heavy atom. The standard InChI is InChI=1S/C15H20FNO3/c1-3-11-4-6-12(7-5-11)10(2)8-14(18)17-13(9-16)15(19)20/h4-7,10,13H,3,8-9H2,1-2H3,(H,17,18)(H,19,20). The molecule has 0 bridgehead atoms. The van der Waals surface area contributed by atoms with E-state index >= 15 is 0 Å². The summed E-state index contributed by atoms with van der Waals surface area (Å²) in [4.78, 5) is 22.3. The molecule has 1 rings (SSSR count). The van der Waals surface area contributed by atoms with Crippen molar-refractivity contribution in [1.29, 1.82) is 0 Å². The van der Waals surface area contributed by atoms with Gasteiger partial charge in [0.2, 0.25) is 5.91 Å². The number of benzene rings is 1. The summed E-state index contributed by atoms with van der Waals surface area (Å²) in [5, 5.41) is 10.9. The number of hydrogen-bond acceptors (Lipinski definition) is 2. The molecule has 0 aliphatic rings. The second-order valence-corrected chi connectivity index (χ2v) is 4.81. The van der Waals surface area contributed by atoms with Gasteiger partial charge >= 0.3 is 5.97 Å². The van der Waals surface area contributed by atoms with E-state index in [9.17, 15) is 14.0 Å². The van der Waals surface area contributed by atoms with Crippen LogP contribution in [0.15, 0.2) is 24.3 Å². The molecule has 0 aliphatic heterocycles. The van der Waals surface area contributed by atoms with E-state index < -0.39 is 24.6 Å². The van der Waals surface area contributed by atoms with Crippen molar-refractivity contribution in [3.63, 3.8) is 0 Å². The molecule has 1 aromatic carbocycles. The number of carbonyl (C=O) groups excluding carboxylic acids is 1. The maximum Gasteiger partial charge on any atom is 0.328 e. The molecule has 2 unspecified atom stereocenters. The Labute approximate surface area is 118 Å². The van der Waals surface area contributed by atoms with Gasteiger partial charge in [-0.1, -0.05) is 38.1 Å². The van der Waals surface area contributed by atoms with Crippen LogP contribution in [-0.4, -0.2) is 29.7 Å². The predicted octanol–water partition coefficient (Wildman–Crippen LogP) is 2.28. The monoisotopic (exact) mass is 281 g/mol. The van der Waals surface area contributed by atoms with Crippen molar-refractivity contribution in [1.82, 2.24) is 5.32 Å². The summed E-state index contributed by atoms with van der Waals surface area (Å²) in [5.41, 5.74) is 2.22. The molecule has 2 atom stereocenters. The Morgan fingerprint density at radius 3 is 2.35 bits per heavy atom. The van der Waals surface area contributed by atoms with Gasteiger partial charge in [0.15, 0.2) is 6.04 Å². The maximum absolute atomic E-state index is 12.4. The highest BCUT2D eigenvalue weighted by Crippen LogP contribution is 2.19. The number of halogens is 1. The first-order valence-corrected chi connectivity index (χ1v) is 6.64. The number of amides is 1. The zero-order chi connectivity index (χ0) is 15.1. The molecule has 1 aromatic rings. The summed E-state index contributed by atoms with van der Waals surface area (Å²) < 4.78 is 12.4. The van der Waals surface area contributed by atoms with Gasteiger partial charge in [0.25, 0.3) is 0 Å². The van der Waals surface area contributed by atoms with E-state index in [1.54, 1.807) is 0 Å². The fourth-order valence-electron chi connectivity index (χ4n) is 1.90. The Hall–Kier alpha value is -1.91. The van der Waals surface area contributed by atoms with Crippen LogP contribution in [-0.2, 0) is 16.0 Å². The van der Waals surface area contributed by atoms with E-state index in [1.165, 1.54) is 5.56 Å². The second-order valence-electron chi connectivity index (χ2n) is 4.81. The molecule has 0 spiro atoms. The first kappa shape index (κ1) is 16.1. The van der Waals surface area contributed by atoms with E-state index in [0.29, 0.717) is 0 Å². The van der Waals surface area contributed by atoms with Gasteiger partial charge < -0.3 is 10.4 Å². The summed E-state index contributed by atoms with van der Waals surface area (Å²) in [6.45, 7) is 2.83. The minimum Gasteiger partial charge on any atom is -0.480 e. The number of hydrogen-bond donors (Lipinski definition) is 2. The van der Waals surface area contributed by atoms with Crippen molar-refractivity contribution in [3.8, 4) is 0 Å². The zero-order valence-electron chi connectivity index (χ0n) is 11.7. The van der Waals surface area contributed by atoms with E-state index in [-0.39, 0.29) is 12.3 Å². The second kappa shape index (κ2) is 7.62. The van der Waals surface area contributed by atoms with Gasteiger partial charge in [-0.2, -0.15) is 0 Å². The third-order valence-corrected chi connectivity index (χ3v) is 3.24. The van der Waals surface area contributed by atoms with Crippen LogP contribution in [0, 0.1) is 0 Å². The molecule has 5 heteroatoms. The van der Waals surface area contributed by atoms with Gasteiger partial charge in [-0.3, -0.25) is 4.79 Å². The number of aliphatic carboxylic acids is 1. The number of nitrogens with one attached hydrogen (secondary N) is 1. The Morgan fingerprint density at radius 2 is 1.90 bits per heavy atom. The number of carboxylic acid groups (broad SMARTS) is 1. The van der Waals surface area contributed by atoms with E-state index in [4.69, 9.17) is 5.11 Å². The molecule has 0 aromatic heterocycles. The molecule has 0 radical (unpaired) electrons. The third-order valence-electron chi connectivity index (χ3n) is 3.24. The van der Waals surface area contributed by atoms with Crippen molar-refractivity contribution in [2.45, 2.75) is 38.6 Å². The quantitative estimate of drug-likeness (QED) is 0.805. The molecule has 20 heavy (non-hydrogen) atoms. The van der Waals surface area contributed by atoms with Crippen molar-refractivity contribution in [2.75, 3.05) is 6.67 Å². The predicted molar refractivity (Wildman–Crippen MR) is 74.4 cm³/mol. The Balaban J connectivity index is 2.58. The first-order valence-electron chi connectivity index (χ1n) is 6.64. The fraction of sp³-hybridized carbons (Fsp3) is 0.467. The smallest absolute Gasteiger partial charge is 0.328 e. The largest absolute Gasteiger partial charge is 0.480 e. The summed E-state index contributed by atoms with van der Waals surface area (Å²) in [5.74, 6) is -1.86. The molecule has 0 heterocycles. The summed E-state index contributed by atoms with van der Waals surface area (Å²) in [7, 11) is 0. The van der Waals surface area contributed by atoms with Crippen LogP contribution in [0.25, 0.3) is 0 Å². The van der Waals surface area contributed by atoms with Gasteiger partial charge in [-0.05, 0) is 23.5 Å². The van der Waals surface area contributed by atoms with Crippen LogP contribution < -0.4 is 5.32 Å². The molecular formula is C15H20FNO3. The van der Waals surface area contributed by atoms with Crippen molar-refractivity contribution in [3.05, 3.63) is 35.4 Å². The average Bonchev–Trinajstić information content (AvgIpc) is 2.44. The molecule has 4 nitrogen and oxygen atoms in total. The van der Waals surface area contributed by atoms with Gasteiger partial charge in [0.05, 0.1) is 0 Å². The fourth-order valence-corrected chi connectivity index (χ4v) is 1.90. The Kier molecular flexibility index (Phi) is 6.15. The molecule has 0 fully saturated rings. The van der Waals surface area contributed by atoms with Crippen LogP contribution >= 0.6 is 0 Å². The van der Waals surface area contributed by atoms with Gasteiger partial charge in [-0.15, -0.1) is 0 Å². The molecule has 110 valence electrons. The maximum atomic E-state index is 12.4. The highest BCUT2D eigenvalue weighted by Gasteiger charge is 2.20. The van der Waals surface area contributed by atoms with Gasteiger partial charge in [0.1, 0.15) is 6.67 Å². The third kappa shape index (κ3) is 4.64. The van der Waals surface area contributed by atoms with E-state index in [0.717, 1.165) is 12.0 Å². The number of rotatable bonds is 7. The normalized spacial score (nSPS) is 13.6. The van der Waals surface area contributed by atoms with Crippen LogP contribution in [0.3, 0.4) is 0 Å². The number of carbonyl (C=O) groups is 2. The number of alkyl halides is 1. The highest BCUT2D eigenvalue weighted by molar-refractivity contribution is 5.84. The van der Waals surface area contributed by atoms with E-state index in [1.807, 2.05) is 31.2 Å². The minimum absolute atomic E-state index is 0.0463. The first-order chi connectivity index (χ1) is 9.47. The topological polar surface area (TPSA) is 66.4 Å². The number of aryl methyl sites for hydroxylation is 1. The molecule has 0 saturated heterocycles. The van der Waals surface area contributed by atoms with Crippen molar-refractivity contribution < 1.29 is 19.1 Å².